The summed E-state index contributed by atoms with van der Waals surface area (Å²) in [6.45, 7) is 8.67. The number of hydrogen-bond acceptors (Lipinski definition) is 4. The number of nitrogens with zero attached hydrogens (tertiary/aromatic N) is 2. The van der Waals surface area contributed by atoms with Gasteiger partial charge in [-0.25, -0.2) is 4.79 Å². The molecule has 1 aromatic rings. The summed E-state index contributed by atoms with van der Waals surface area (Å²) >= 11 is 18.8. The Labute approximate surface area is 167 Å². The van der Waals surface area contributed by atoms with Crippen molar-refractivity contribution in [3.63, 3.8) is 0 Å². The Balaban J connectivity index is 2.20. The number of hydrogen-bond donors (Lipinski definition) is 2. The van der Waals surface area contributed by atoms with E-state index in [-0.39, 0.29) is 0 Å². The van der Waals surface area contributed by atoms with Crippen molar-refractivity contribution in [2.24, 2.45) is 5.92 Å². The zero-order chi connectivity index (χ0) is 18.9. The average Bonchev–Trinajstić information content (AvgIpc) is 2.70. The first-order valence-corrected chi connectivity index (χ1v) is 9.74. The molecule has 2 rings (SSSR count). The van der Waals surface area contributed by atoms with Crippen LogP contribution < -0.4 is 5.32 Å². The predicted molar refractivity (Wildman–Crippen MR) is 109 cm³/mol. The van der Waals surface area contributed by atoms with Crippen molar-refractivity contribution < 1.29 is 10.0 Å². The zero-order valence-electron chi connectivity index (χ0n) is 14.4. The molecule has 1 atom stereocenters. The molecular weight excluding hydrogens is 401 g/mol. The van der Waals surface area contributed by atoms with Crippen LogP contribution in [0, 0.1) is 5.92 Å². The van der Waals surface area contributed by atoms with Crippen LogP contribution in [0.3, 0.4) is 0 Å². The zero-order valence-corrected chi connectivity index (χ0v) is 17.6. The monoisotopic (exact) mass is 421 g/mol. The Morgan fingerprint density at radius 2 is 2.08 bits per heavy atom. The van der Waals surface area contributed by atoms with Crippen molar-refractivity contribution in [2.45, 2.75) is 38.6 Å². The molecule has 1 aromatic carbocycles. The van der Waals surface area contributed by atoms with Gasteiger partial charge in [0.2, 0.25) is 0 Å². The van der Waals surface area contributed by atoms with Crippen LogP contribution in [0.15, 0.2) is 18.2 Å². The lowest BCUT2D eigenvalue weighted by molar-refractivity contribution is -0.115. The molecule has 25 heavy (non-hydrogen) atoms. The second-order valence-electron chi connectivity index (χ2n) is 6.79. The van der Waals surface area contributed by atoms with E-state index in [1.54, 1.807) is 12.1 Å². The second-order valence-corrected chi connectivity index (χ2v) is 9.90. The Bertz CT molecular complexity index is 685. The number of hydroxylamine groups is 2. The Kier molecular flexibility index (Phi) is 6.49. The van der Waals surface area contributed by atoms with E-state index < -0.39 is 16.9 Å². The third-order valence-electron chi connectivity index (χ3n) is 3.67. The summed E-state index contributed by atoms with van der Waals surface area (Å²) in [6.07, 6.45) is -0.574. The number of thiocarbonyl (C=S) groups is 1. The molecule has 2 N–H and O–H groups in total. The molecule has 1 heterocycles. The lowest BCUT2D eigenvalue weighted by Gasteiger charge is -2.37. The first-order chi connectivity index (χ1) is 11.5. The van der Waals surface area contributed by atoms with E-state index in [1.165, 1.54) is 17.8 Å². The Morgan fingerprint density at radius 1 is 1.44 bits per heavy atom. The molecule has 2 amide bonds. The molecule has 9 heteroatoms. The van der Waals surface area contributed by atoms with Crippen LogP contribution in [-0.2, 0) is 0 Å². The molecule has 1 aliphatic heterocycles. The van der Waals surface area contributed by atoms with E-state index in [9.17, 15) is 10.0 Å². The van der Waals surface area contributed by atoms with Gasteiger partial charge >= 0.3 is 6.03 Å². The summed E-state index contributed by atoms with van der Waals surface area (Å²) in [5, 5.41) is 14.6. The lowest BCUT2D eigenvalue weighted by atomic mass is 10.1. The number of anilines is 1. The minimum absolute atomic E-state index is 0.323. The van der Waals surface area contributed by atoms with Gasteiger partial charge < -0.3 is 10.2 Å². The molecule has 0 radical (unpaired) electrons. The first-order valence-electron chi connectivity index (χ1n) is 7.76. The largest absolute Gasteiger partial charge is 0.347 e. The van der Waals surface area contributed by atoms with Gasteiger partial charge in [-0.1, -0.05) is 61.0 Å². The number of halogens is 2. The van der Waals surface area contributed by atoms with E-state index in [0.717, 1.165) is 0 Å². The van der Waals surface area contributed by atoms with Crippen LogP contribution in [0.25, 0.3) is 0 Å². The van der Waals surface area contributed by atoms with Gasteiger partial charge in [0, 0.05) is 12.2 Å². The van der Waals surface area contributed by atoms with Gasteiger partial charge in [0.05, 0.1) is 14.8 Å². The quantitative estimate of drug-likeness (QED) is 0.391. The van der Waals surface area contributed by atoms with Gasteiger partial charge in [-0.05, 0) is 38.0 Å². The molecular formula is C16H21Cl2N3O2S2. The van der Waals surface area contributed by atoms with Gasteiger partial charge in [-0.15, -0.1) is 0 Å². The number of amides is 2. The molecule has 138 valence electrons. The normalized spacial score (nSPS) is 19.4. The van der Waals surface area contributed by atoms with Crippen LogP contribution in [0.1, 0.15) is 27.7 Å². The molecule has 0 aliphatic carbocycles. The summed E-state index contributed by atoms with van der Waals surface area (Å²) in [5.41, 5.74) is 0.444. The van der Waals surface area contributed by atoms with E-state index >= 15 is 0 Å². The SMILES string of the molecule is CC(C)CN1C(=S)SC(C)(C)[C@@H]1N(O)C(=O)Nc1ccc(Cl)c(Cl)c1. The second kappa shape index (κ2) is 7.88. The number of carbonyl (C=O) groups is 1. The molecule has 5 nitrogen and oxygen atoms in total. The molecule has 1 saturated heterocycles. The number of thioether (sulfide) groups is 1. The minimum Gasteiger partial charge on any atom is -0.333 e. The highest BCUT2D eigenvalue weighted by Gasteiger charge is 2.49. The number of urea groups is 1. The minimum atomic E-state index is -0.657. The Hall–Kier alpha value is -0.730. The van der Waals surface area contributed by atoms with E-state index in [1.807, 2.05) is 18.7 Å². The van der Waals surface area contributed by atoms with Crippen molar-refractivity contribution in [3.05, 3.63) is 28.2 Å². The summed E-state index contributed by atoms with van der Waals surface area (Å²) in [7, 11) is 0. The third-order valence-corrected chi connectivity index (χ3v) is 6.04. The van der Waals surface area contributed by atoms with Gasteiger partial charge in [-0.2, -0.15) is 5.06 Å². The highest BCUT2D eigenvalue weighted by atomic mass is 35.5. The van der Waals surface area contributed by atoms with Crippen molar-refractivity contribution in [1.29, 1.82) is 0 Å². The van der Waals surface area contributed by atoms with E-state index in [4.69, 9.17) is 35.4 Å². The maximum absolute atomic E-state index is 12.5. The van der Waals surface area contributed by atoms with Crippen molar-refractivity contribution in [3.8, 4) is 0 Å². The van der Waals surface area contributed by atoms with Crippen molar-refractivity contribution >= 4 is 63.2 Å². The van der Waals surface area contributed by atoms with Gasteiger partial charge in [0.1, 0.15) is 10.5 Å². The van der Waals surface area contributed by atoms with Crippen LogP contribution in [0.4, 0.5) is 10.5 Å². The molecule has 1 aliphatic rings. The standard InChI is InChI=1S/C16H21Cl2N3O2S2/c1-9(2)8-20-13(16(3,4)25-15(20)24)21(23)14(22)19-10-5-6-11(17)12(18)7-10/h5-7,9,13,23H,8H2,1-4H3,(H,19,22)/t13-/m0/s1. The fourth-order valence-electron chi connectivity index (χ4n) is 2.67. The van der Waals surface area contributed by atoms with Gasteiger partial charge in [0.25, 0.3) is 0 Å². The smallest absolute Gasteiger partial charge is 0.333 e. The summed E-state index contributed by atoms with van der Waals surface area (Å²) < 4.78 is 0.223. The fourth-order valence-corrected chi connectivity index (χ4v) is 4.86. The number of nitrogens with one attached hydrogen (secondary N) is 1. The first kappa shape index (κ1) is 20.6. The topological polar surface area (TPSA) is 55.8 Å². The van der Waals surface area contributed by atoms with E-state index in [0.29, 0.717) is 37.6 Å². The third kappa shape index (κ3) is 4.71. The number of benzene rings is 1. The number of carbonyl (C=O) groups excluding carboxylic acids is 1. The average molecular weight is 422 g/mol. The fraction of sp³-hybridized carbons (Fsp3) is 0.500. The number of rotatable bonds is 4. The van der Waals surface area contributed by atoms with Crippen molar-refractivity contribution in [2.75, 3.05) is 11.9 Å². The molecule has 0 unspecified atom stereocenters. The van der Waals surface area contributed by atoms with Crippen LogP contribution in [0.2, 0.25) is 10.0 Å². The van der Waals surface area contributed by atoms with Crippen LogP contribution >= 0.6 is 47.2 Å². The van der Waals surface area contributed by atoms with Crippen LogP contribution in [-0.4, -0.2) is 43.0 Å². The highest BCUT2D eigenvalue weighted by molar-refractivity contribution is 8.24. The summed E-state index contributed by atoms with van der Waals surface area (Å²) in [6, 6.07) is 4.07. The predicted octanol–water partition coefficient (Wildman–Crippen LogP) is 5.31. The molecule has 0 bridgehead atoms. The maximum atomic E-state index is 12.5. The molecule has 1 fully saturated rings. The Morgan fingerprint density at radius 3 is 2.64 bits per heavy atom. The van der Waals surface area contributed by atoms with E-state index in [2.05, 4.69) is 19.2 Å². The summed E-state index contributed by atoms with van der Waals surface area (Å²) in [4.78, 5) is 14.4. The van der Waals surface area contributed by atoms with Gasteiger partial charge in [0.15, 0.2) is 0 Å². The molecule has 0 aromatic heterocycles. The summed E-state index contributed by atoms with van der Waals surface area (Å²) in [5.74, 6) is 0.335. The van der Waals surface area contributed by atoms with Crippen LogP contribution in [0.5, 0.6) is 0 Å². The molecule has 0 spiro atoms. The maximum Gasteiger partial charge on any atom is 0.347 e. The molecule has 0 saturated carbocycles. The van der Waals surface area contributed by atoms with Gasteiger partial charge in [-0.3, -0.25) is 5.21 Å². The van der Waals surface area contributed by atoms with Crippen molar-refractivity contribution in [1.82, 2.24) is 9.96 Å². The highest BCUT2D eigenvalue weighted by Crippen LogP contribution is 2.42. The lowest BCUT2D eigenvalue weighted by Crippen LogP contribution is -2.56.